The molecule has 0 N–H and O–H groups in total. The van der Waals surface area contributed by atoms with Crippen LogP contribution in [0.5, 0.6) is 0 Å². The van der Waals surface area contributed by atoms with E-state index in [9.17, 15) is 0 Å². The topological polar surface area (TPSA) is 29.0 Å². The Morgan fingerprint density at radius 3 is 2.44 bits per heavy atom. The van der Waals surface area contributed by atoms with Crippen LogP contribution < -0.4 is 4.90 Å². The maximum absolute atomic E-state index is 6.16. The largest absolute Gasteiger partial charge is 0.356 e. The second kappa shape index (κ2) is 5.04. The van der Waals surface area contributed by atoms with Gasteiger partial charge in [-0.15, -0.1) is 0 Å². The molecule has 100 valence electrons. The molecule has 0 bridgehead atoms. The first-order chi connectivity index (χ1) is 8.51. The Hall–Kier alpha value is -0.830. The summed E-state index contributed by atoms with van der Waals surface area (Å²) in [6, 6.07) is 0. The van der Waals surface area contributed by atoms with Crippen molar-refractivity contribution in [3.05, 3.63) is 16.5 Å². The molecule has 1 aromatic heterocycles. The molecule has 2 rings (SSSR count). The van der Waals surface area contributed by atoms with Crippen molar-refractivity contribution in [3.63, 3.8) is 0 Å². The van der Waals surface area contributed by atoms with Crippen LogP contribution in [-0.4, -0.2) is 23.1 Å². The SMILES string of the molecule is CCC1(CC)CCN(c2nc(C)nc(Cl)c2C)C1. The van der Waals surface area contributed by atoms with E-state index in [1.54, 1.807) is 0 Å². The van der Waals surface area contributed by atoms with E-state index in [-0.39, 0.29) is 0 Å². The molecule has 0 aliphatic carbocycles. The summed E-state index contributed by atoms with van der Waals surface area (Å²) < 4.78 is 0. The number of halogens is 1. The zero-order valence-electron chi connectivity index (χ0n) is 11.8. The lowest BCUT2D eigenvalue weighted by Crippen LogP contribution is -2.27. The fourth-order valence-corrected chi connectivity index (χ4v) is 3.04. The van der Waals surface area contributed by atoms with Gasteiger partial charge in [0.1, 0.15) is 16.8 Å². The third-order valence-corrected chi connectivity index (χ3v) is 4.78. The molecule has 1 aliphatic rings. The number of aryl methyl sites for hydroxylation is 1. The summed E-state index contributed by atoms with van der Waals surface area (Å²) in [6.07, 6.45) is 3.72. The third-order valence-electron chi connectivity index (χ3n) is 4.41. The third kappa shape index (κ3) is 2.33. The summed E-state index contributed by atoms with van der Waals surface area (Å²) in [6.45, 7) is 10.7. The van der Waals surface area contributed by atoms with Gasteiger partial charge in [0.25, 0.3) is 0 Å². The number of rotatable bonds is 3. The Kier molecular flexibility index (Phi) is 3.81. The first-order valence-electron chi connectivity index (χ1n) is 6.77. The quantitative estimate of drug-likeness (QED) is 0.781. The second-order valence-electron chi connectivity index (χ2n) is 5.39. The number of nitrogens with zero attached hydrogens (tertiary/aromatic N) is 3. The highest BCUT2D eigenvalue weighted by atomic mass is 35.5. The molecule has 4 heteroatoms. The van der Waals surface area contributed by atoms with Gasteiger partial charge < -0.3 is 4.90 Å². The van der Waals surface area contributed by atoms with Gasteiger partial charge in [0.2, 0.25) is 0 Å². The smallest absolute Gasteiger partial charge is 0.137 e. The van der Waals surface area contributed by atoms with Crippen LogP contribution in [0.3, 0.4) is 0 Å². The van der Waals surface area contributed by atoms with Crippen LogP contribution in [0.25, 0.3) is 0 Å². The zero-order valence-corrected chi connectivity index (χ0v) is 12.5. The molecule has 0 amide bonds. The van der Waals surface area contributed by atoms with Crippen molar-refractivity contribution in [3.8, 4) is 0 Å². The maximum atomic E-state index is 6.16. The standard InChI is InChI=1S/C14H22ClN3/c1-5-14(6-2)7-8-18(9-14)13-10(3)12(15)16-11(4)17-13/h5-9H2,1-4H3. The number of anilines is 1. The van der Waals surface area contributed by atoms with Crippen molar-refractivity contribution in [1.82, 2.24) is 9.97 Å². The Labute approximate surface area is 115 Å². The van der Waals surface area contributed by atoms with Crippen molar-refractivity contribution in [2.24, 2.45) is 5.41 Å². The van der Waals surface area contributed by atoms with E-state index in [4.69, 9.17) is 11.6 Å². The summed E-state index contributed by atoms with van der Waals surface area (Å²) in [5.41, 5.74) is 1.46. The van der Waals surface area contributed by atoms with Crippen molar-refractivity contribution < 1.29 is 0 Å². The lowest BCUT2D eigenvalue weighted by Gasteiger charge is -2.27. The first-order valence-corrected chi connectivity index (χ1v) is 7.15. The Balaban J connectivity index is 2.29. The minimum Gasteiger partial charge on any atom is -0.356 e. The molecule has 0 unspecified atom stereocenters. The molecule has 3 nitrogen and oxygen atoms in total. The summed E-state index contributed by atoms with van der Waals surface area (Å²) in [5, 5.41) is 0.586. The van der Waals surface area contributed by atoms with E-state index in [0.717, 1.165) is 30.3 Å². The maximum Gasteiger partial charge on any atom is 0.137 e. The summed E-state index contributed by atoms with van der Waals surface area (Å²) in [4.78, 5) is 11.2. The molecule has 2 heterocycles. The van der Waals surface area contributed by atoms with Gasteiger partial charge in [-0.1, -0.05) is 25.4 Å². The minimum absolute atomic E-state index is 0.456. The van der Waals surface area contributed by atoms with Crippen molar-refractivity contribution in [1.29, 1.82) is 0 Å². The van der Waals surface area contributed by atoms with Gasteiger partial charge in [-0.3, -0.25) is 0 Å². The van der Waals surface area contributed by atoms with Crippen LogP contribution >= 0.6 is 11.6 Å². The number of hydrogen-bond donors (Lipinski definition) is 0. The van der Waals surface area contributed by atoms with Gasteiger partial charge in [-0.05, 0) is 38.5 Å². The predicted molar refractivity (Wildman–Crippen MR) is 76.4 cm³/mol. The lowest BCUT2D eigenvalue weighted by molar-refractivity contribution is 0.301. The van der Waals surface area contributed by atoms with Crippen LogP contribution in [-0.2, 0) is 0 Å². The van der Waals surface area contributed by atoms with Gasteiger partial charge in [0.15, 0.2) is 0 Å². The van der Waals surface area contributed by atoms with E-state index in [2.05, 4.69) is 28.7 Å². The summed E-state index contributed by atoms with van der Waals surface area (Å²) in [5.74, 6) is 1.78. The summed E-state index contributed by atoms with van der Waals surface area (Å²) in [7, 11) is 0. The molecular weight excluding hydrogens is 246 g/mol. The van der Waals surface area contributed by atoms with E-state index >= 15 is 0 Å². The highest BCUT2D eigenvalue weighted by molar-refractivity contribution is 6.30. The van der Waals surface area contributed by atoms with Crippen LogP contribution in [0.15, 0.2) is 0 Å². The number of hydrogen-bond acceptors (Lipinski definition) is 3. The average molecular weight is 268 g/mol. The molecule has 0 saturated carbocycles. The van der Waals surface area contributed by atoms with Gasteiger partial charge in [0.05, 0.1) is 0 Å². The number of aromatic nitrogens is 2. The van der Waals surface area contributed by atoms with Gasteiger partial charge in [-0.25, -0.2) is 9.97 Å². The predicted octanol–water partition coefficient (Wildman–Crippen LogP) is 3.76. The monoisotopic (exact) mass is 267 g/mol. The molecule has 0 aromatic carbocycles. The normalized spacial score (nSPS) is 18.4. The van der Waals surface area contributed by atoms with E-state index in [1.807, 2.05) is 13.8 Å². The van der Waals surface area contributed by atoms with Crippen molar-refractivity contribution in [2.45, 2.75) is 47.0 Å². The van der Waals surface area contributed by atoms with E-state index in [1.165, 1.54) is 19.3 Å². The molecule has 0 radical (unpaired) electrons. The molecule has 1 aromatic rings. The first kappa shape index (κ1) is 13.6. The molecular formula is C14H22ClN3. The van der Waals surface area contributed by atoms with Crippen molar-refractivity contribution in [2.75, 3.05) is 18.0 Å². The van der Waals surface area contributed by atoms with Crippen molar-refractivity contribution >= 4 is 17.4 Å². The van der Waals surface area contributed by atoms with Gasteiger partial charge in [-0.2, -0.15) is 0 Å². The van der Waals surface area contributed by atoms with Gasteiger partial charge in [0, 0.05) is 18.7 Å². The molecule has 1 aliphatic heterocycles. The molecule has 0 atom stereocenters. The van der Waals surface area contributed by atoms with E-state index in [0.29, 0.717) is 10.6 Å². The Morgan fingerprint density at radius 2 is 1.89 bits per heavy atom. The Bertz CT molecular complexity index is 441. The highest BCUT2D eigenvalue weighted by Crippen LogP contribution is 2.39. The zero-order chi connectivity index (χ0) is 13.3. The highest BCUT2D eigenvalue weighted by Gasteiger charge is 2.36. The average Bonchev–Trinajstić information content (AvgIpc) is 2.79. The Morgan fingerprint density at radius 1 is 1.22 bits per heavy atom. The van der Waals surface area contributed by atoms with Crippen LogP contribution in [0.4, 0.5) is 5.82 Å². The molecule has 1 fully saturated rings. The molecule has 1 saturated heterocycles. The fraction of sp³-hybridized carbons (Fsp3) is 0.714. The fourth-order valence-electron chi connectivity index (χ4n) is 2.83. The summed E-state index contributed by atoms with van der Waals surface area (Å²) >= 11 is 6.16. The lowest BCUT2D eigenvalue weighted by atomic mass is 9.82. The van der Waals surface area contributed by atoms with Gasteiger partial charge >= 0.3 is 0 Å². The van der Waals surface area contributed by atoms with Crippen LogP contribution in [0, 0.1) is 19.3 Å². The minimum atomic E-state index is 0.456. The second-order valence-corrected chi connectivity index (χ2v) is 5.75. The molecule has 18 heavy (non-hydrogen) atoms. The molecule has 0 spiro atoms. The van der Waals surface area contributed by atoms with E-state index < -0.39 is 0 Å². The van der Waals surface area contributed by atoms with Crippen LogP contribution in [0.1, 0.15) is 44.5 Å². The van der Waals surface area contributed by atoms with Crippen LogP contribution in [0.2, 0.25) is 5.15 Å².